The Morgan fingerprint density at radius 3 is 2.37 bits per heavy atom. The van der Waals surface area contributed by atoms with Crippen LogP contribution in [0.1, 0.15) is 20.3 Å². The Morgan fingerprint density at radius 2 is 1.89 bits per heavy atom. The van der Waals surface area contributed by atoms with Crippen molar-refractivity contribution in [1.29, 1.82) is 0 Å². The number of nitrogens with zero attached hydrogens (tertiary/aromatic N) is 2. The molecule has 0 bridgehead atoms. The van der Waals surface area contributed by atoms with Crippen LogP contribution in [0.15, 0.2) is 29.2 Å². The average Bonchev–Trinajstić information content (AvgIpc) is 2.98. The van der Waals surface area contributed by atoms with Gasteiger partial charge in [0.1, 0.15) is 0 Å². The van der Waals surface area contributed by atoms with Crippen molar-refractivity contribution in [2.45, 2.75) is 25.2 Å². The minimum absolute atomic E-state index is 0. The lowest BCUT2D eigenvalue weighted by molar-refractivity contribution is -0.130. The molecule has 1 aliphatic rings. The van der Waals surface area contributed by atoms with E-state index in [1.165, 1.54) is 38.2 Å². The number of likely N-dealkylation sites (N-methyl/N-ethyl adjacent to an activating group) is 1. The molecule has 1 unspecified atom stereocenters. The molecule has 2 rings (SSSR count). The van der Waals surface area contributed by atoms with Gasteiger partial charge in [0.2, 0.25) is 21.8 Å². The van der Waals surface area contributed by atoms with Gasteiger partial charge >= 0.3 is 0 Å². The minimum atomic E-state index is -3.79. The lowest BCUT2D eigenvalue weighted by Gasteiger charge is -2.24. The highest BCUT2D eigenvalue weighted by Crippen LogP contribution is 2.28. The summed E-state index contributed by atoms with van der Waals surface area (Å²) in [5, 5.41) is 2.58. The Kier molecular flexibility index (Phi) is 7.79. The van der Waals surface area contributed by atoms with Crippen molar-refractivity contribution in [3.63, 3.8) is 0 Å². The first-order valence-corrected chi connectivity index (χ1v) is 9.83. The maximum atomic E-state index is 12.6. The molecule has 0 aromatic heterocycles. The van der Waals surface area contributed by atoms with E-state index in [4.69, 9.17) is 5.73 Å². The fraction of sp³-hybridized carbons (Fsp3) is 0.529. The lowest BCUT2D eigenvalue weighted by atomic mass is 9.90. The summed E-state index contributed by atoms with van der Waals surface area (Å²) >= 11 is 0. The Bertz CT molecular complexity index is 785. The molecule has 0 radical (unpaired) electrons. The van der Waals surface area contributed by atoms with Crippen molar-refractivity contribution in [1.82, 2.24) is 9.21 Å². The smallest absolute Gasteiger partial charge is 0.243 e. The number of sulfonamides is 1. The van der Waals surface area contributed by atoms with Crippen LogP contribution in [-0.4, -0.2) is 62.7 Å². The Balaban J connectivity index is 0.00000364. The third-order valence-electron chi connectivity index (χ3n) is 4.64. The molecule has 1 heterocycles. The van der Waals surface area contributed by atoms with Gasteiger partial charge in [-0.1, -0.05) is 6.92 Å². The van der Waals surface area contributed by atoms with E-state index in [1.807, 2.05) is 6.92 Å². The summed E-state index contributed by atoms with van der Waals surface area (Å²) in [6.07, 6.45) is 0.816. The molecule has 0 aliphatic carbocycles. The molecule has 1 aliphatic heterocycles. The maximum Gasteiger partial charge on any atom is 0.243 e. The number of benzene rings is 1. The predicted molar refractivity (Wildman–Crippen MR) is 106 cm³/mol. The molecule has 10 heteroatoms. The first-order valence-electron chi connectivity index (χ1n) is 8.39. The maximum absolute atomic E-state index is 12.6. The number of hydrogen-bond acceptors (Lipinski definition) is 5. The van der Waals surface area contributed by atoms with Gasteiger partial charge in [-0.05, 0) is 42.6 Å². The molecular formula is C17H27ClN4O4S. The highest BCUT2D eigenvalue weighted by molar-refractivity contribution is 7.89. The minimum Gasteiger partial charge on any atom is -0.341 e. The van der Waals surface area contributed by atoms with Gasteiger partial charge in [-0.15, -0.1) is 12.4 Å². The zero-order valence-electron chi connectivity index (χ0n) is 15.8. The number of amides is 2. The van der Waals surface area contributed by atoms with Crippen LogP contribution in [0.3, 0.4) is 0 Å². The zero-order valence-corrected chi connectivity index (χ0v) is 17.4. The quantitative estimate of drug-likeness (QED) is 0.712. The molecule has 1 saturated heterocycles. The molecule has 1 aromatic rings. The van der Waals surface area contributed by atoms with Gasteiger partial charge in [0.15, 0.2) is 0 Å². The largest absolute Gasteiger partial charge is 0.341 e. The summed E-state index contributed by atoms with van der Waals surface area (Å²) in [6, 6.07) is 5.83. The number of nitrogens with one attached hydrogen (secondary N) is 1. The summed E-state index contributed by atoms with van der Waals surface area (Å²) in [5.41, 5.74) is 6.15. The van der Waals surface area contributed by atoms with Crippen molar-refractivity contribution in [3.8, 4) is 0 Å². The van der Waals surface area contributed by atoms with Crippen molar-refractivity contribution in [2.75, 3.05) is 38.5 Å². The van der Waals surface area contributed by atoms with E-state index in [1.54, 1.807) is 4.90 Å². The lowest BCUT2D eigenvalue weighted by Crippen LogP contribution is -2.41. The molecule has 0 saturated carbocycles. The molecular weight excluding hydrogens is 392 g/mol. The predicted octanol–water partition coefficient (Wildman–Crippen LogP) is 0.885. The third-order valence-corrected chi connectivity index (χ3v) is 6.46. The second-order valence-electron chi connectivity index (χ2n) is 7.05. The van der Waals surface area contributed by atoms with Crippen molar-refractivity contribution < 1.29 is 18.0 Å². The fourth-order valence-electron chi connectivity index (χ4n) is 2.87. The molecule has 27 heavy (non-hydrogen) atoms. The fourth-order valence-corrected chi connectivity index (χ4v) is 3.99. The first-order chi connectivity index (χ1) is 12.1. The van der Waals surface area contributed by atoms with Crippen LogP contribution in [-0.2, 0) is 19.6 Å². The van der Waals surface area contributed by atoms with Gasteiger partial charge in [-0.25, -0.2) is 8.42 Å². The van der Waals surface area contributed by atoms with E-state index in [0.717, 1.165) is 10.7 Å². The van der Waals surface area contributed by atoms with Crippen molar-refractivity contribution in [3.05, 3.63) is 24.3 Å². The van der Waals surface area contributed by atoms with Crippen molar-refractivity contribution in [2.24, 2.45) is 11.1 Å². The van der Waals surface area contributed by atoms with Crippen LogP contribution < -0.4 is 11.1 Å². The van der Waals surface area contributed by atoms with Crippen LogP contribution in [0.5, 0.6) is 0 Å². The molecule has 2 amide bonds. The van der Waals surface area contributed by atoms with Crippen LogP contribution in [0, 0.1) is 5.41 Å². The number of halogens is 1. The molecule has 0 spiro atoms. The number of rotatable bonds is 6. The molecule has 1 fully saturated rings. The summed E-state index contributed by atoms with van der Waals surface area (Å²) < 4.78 is 26.3. The van der Waals surface area contributed by atoms with Crippen LogP contribution in [0.25, 0.3) is 0 Å². The van der Waals surface area contributed by atoms with Gasteiger partial charge in [-0.2, -0.15) is 4.31 Å². The van der Waals surface area contributed by atoms with E-state index < -0.39 is 10.0 Å². The summed E-state index contributed by atoms with van der Waals surface area (Å²) in [5.74, 6) is -0.471. The topological polar surface area (TPSA) is 113 Å². The number of carbonyl (C=O) groups excluding carboxylic acids is 2. The number of carbonyl (C=O) groups is 2. The Labute approximate surface area is 166 Å². The van der Waals surface area contributed by atoms with Gasteiger partial charge in [0, 0.05) is 32.7 Å². The first kappa shape index (κ1) is 23.4. The normalized spacial score (nSPS) is 19.7. The molecule has 3 N–H and O–H groups in total. The van der Waals surface area contributed by atoms with Gasteiger partial charge in [0.25, 0.3) is 0 Å². The Morgan fingerprint density at radius 1 is 1.30 bits per heavy atom. The number of hydrogen-bond donors (Lipinski definition) is 2. The van der Waals surface area contributed by atoms with E-state index in [9.17, 15) is 18.0 Å². The van der Waals surface area contributed by atoms with Crippen LogP contribution in [0.2, 0.25) is 0 Å². The van der Waals surface area contributed by atoms with E-state index in [-0.39, 0.29) is 41.1 Å². The molecule has 8 nitrogen and oxygen atoms in total. The molecule has 1 atom stereocenters. The monoisotopic (exact) mass is 418 g/mol. The number of likely N-dealkylation sites (tertiary alicyclic amines) is 1. The van der Waals surface area contributed by atoms with E-state index in [2.05, 4.69) is 5.32 Å². The summed E-state index contributed by atoms with van der Waals surface area (Å²) in [6.45, 7) is 4.80. The van der Waals surface area contributed by atoms with Gasteiger partial charge < -0.3 is 16.0 Å². The van der Waals surface area contributed by atoms with Crippen LogP contribution in [0.4, 0.5) is 5.69 Å². The number of anilines is 1. The van der Waals surface area contributed by atoms with Gasteiger partial charge in [-0.3, -0.25) is 9.59 Å². The Hall–Kier alpha value is -1.68. The average molecular weight is 419 g/mol. The third kappa shape index (κ3) is 5.65. The molecule has 152 valence electrons. The highest BCUT2D eigenvalue weighted by atomic mass is 35.5. The standard InChI is InChI=1S/C17H26N4O4S.ClH/c1-13(22)19-14-4-6-15(7-5-14)26(24,25)20(3)10-16(23)21-9-8-17(2,11-18)12-21;/h4-7H,8-12,18H2,1-3H3,(H,19,22);1H. The highest BCUT2D eigenvalue weighted by Gasteiger charge is 2.36. The second-order valence-corrected chi connectivity index (χ2v) is 9.09. The molecule has 1 aromatic carbocycles. The van der Waals surface area contributed by atoms with Crippen LogP contribution >= 0.6 is 12.4 Å². The van der Waals surface area contributed by atoms with E-state index >= 15 is 0 Å². The van der Waals surface area contributed by atoms with E-state index in [0.29, 0.717) is 25.3 Å². The van der Waals surface area contributed by atoms with Gasteiger partial charge in [0.05, 0.1) is 11.4 Å². The SMILES string of the molecule is CC(=O)Nc1ccc(S(=O)(=O)N(C)CC(=O)N2CCC(C)(CN)C2)cc1.Cl. The summed E-state index contributed by atoms with van der Waals surface area (Å²) in [4.78, 5) is 25.2. The van der Waals surface area contributed by atoms with Crippen molar-refractivity contribution >= 4 is 39.9 Å². The number of nitrogens with two attached hydrogens (primary N) is 1. The second kappa shape index (κ2) is 9.01. The zero-order chi connectivity index (χ0) is 19.5. The summed E-state index contributed by atoms with van der Waals surface area (Å²) in [7, 11) is -2.41.